The van der Waals surface area contributed by atoms with Gasteiger partial charge in [-0.3, -0.25) is 9.52 Å². The van der Waals surface area contributed by atoms with Crippen LogP contribution in [0.25, 0.3) is 0 Å². The Morgan fingerprint density at radius 1 is 1.38 bits per heavy atom. The van der Waals surface area contributed by atoms with Crippen LogP contribution in [0.15, 0.2) is 12.1 Å². The maximum Gasteiger partial charge on any atom is 0.306 e. The number of nitrogens with one attached hydrogen (secondary N) is 1. The van der Waals surface area contributed by atoms with Crippen molar-refractivity contribution in [2.45, 2.75) is 13.3 Å². The fourth-order valence-electron chi connectivity index (χ4n) is 1.72. The van der Waals surface area contributed by atoms with E-state index in [1.165, 1.54) is 12.1 Å². The van der Waals surface area contributed by atoms with Crippen molar-refractivity contribution in [3.05, 3.63) is 12.1 Å². The Bertz CT molecular complexity index is 643. The summed E-state index contributed by atoms with van der Waals surface area (Å²) in [6.45, 7) is 1.92. The maximum absolute atomic E-state index is 11.9. The summed E-state index contributed by atoms with van der Waals surface area (Å²) < 4.78 is 41.1. The lowest BCUT2D eigenvalue weighted by Gasteiger charge is -2.11. The predicted octanol–water partition coefficient (Wildman–Crippen LogP) is 0.692. The number of esters is 1. The van der Waals surface area contributed by atoms with Crippen LogP contribution < -0.4 is 19.9 Å². The highest BCUT2D eigenvalue weighted by Crippen LogP contribution is 2.38. The Balaban J connectivity index is 2.05. The molecule has 1 aliphatic heterocycles. The number of anilines is 2. The number of sulfonamides is 1. The van der Waals surface area contributed by atoms with Gasteiger partial charge in [0.25, 0.3) is 0 Å². The van der Waals surface area contributed by atoms with E-state index in [1.54, 1.807) is 6.92 Å². The van der Waals surface area contributed by atoms with E-state index in [2.05, 4.69) is 9.46 Å². The summed E-state index contributed by atoms with van der Waals surface area (Å²) in [5.41, 5.74) is 6.14. The van der Waals surface area contributed by atoms with Gasteiger partial charge in [0.05, 0.1) is 30.2 Å². The first-order valence-corrected chi connectivity index (χ1v) is 7.91. The third kappa shape index (κ3) is 3.91. The largest absolute Gasteiger partial charge is 0.466 e. The molecular formula is C12H16N2O6S. The number of nitrogen functional groups attached to an aromatic ring is 1. The van der Waals surface area contributed by atoms with Crippen LogP contribution in [0.5, 0.6) is 11.5 Å². The summed E-state index contributed by atoms with van der Waals surface area (Å²) in [5, 5.41) is 0. The summed E-state index contributed by atoms with van der Waals surface area (Å²) in [5.74, 6) is -0.0875. The molecule has 0 spiro atoms. The van der Waals surface area contributed by atoms with Crippen LogP contribution >= 0.6 is 0 Å². The number of hydrogen-bond donors (Lipinski definition) is 2. The molecule has 1 heterocycles. The lowest BCUT2D eigenvalue weighted by Crippen LogP contribution is -2.20. The van der Waals surface area contributed by atoms with Crippen molar-refractivity contribution in [1.29, 1.82) is 0 Å². The molecule has 0 fully saturated rings. The maximum atomic E-state index is 11.9. The van der Waals surface area contributed by atoms with E-state index in [4.69, 9.17) is 15.2 Å². The zero-order valence-corrected chi connectivity index (χ0v) is 12.2. The quantitative estimate of drug-likeness (QED) is 0.585. The Morgan fingerprint density at radius 3 is 2.71 bits per heavy atom. The Hall–Kier alpha value is -2.16. The zero-order valence-electron chi connectivity index (χ0n) is 11.4. The second kappa shape index (κ2) is 6.08. The van der Waals surface area contributed by atoms with E-state index in [1.807, 2.05) is 0 Å². The van der Waals surface area contributed by atoms with Gasteiger partial charge in [-0.2, -0.15) is 0 Å². The zero-order chi connectivity index (χ0) is 15.5. The second-order valence-electron chi connectivity index (χ2n) is 4.27. The number of rotatable bonds is 6. The standard InChI is InChI=1S/C12H16N2O6S/c1-2-18-12(15)3-4-21(16,17)14-9-6-11-10(5-8(9)13)19-7-20-11/h5-6,14H,2-4,7,13H2,1H3. The number of hydrogen-bond acceptors (Lipinski definition) is 7. The summed E-state index contributed by atoms with van der Waals surface area (Å²) in [7, 11) is -3.72. The van der Waals surface area contributed by atoms with Gasteiger partial charge in [-0.25, -0.2) is 8.42 Å². The fourth-order valence-corrected chi connectivity index (χ4v) is 2.76. The average molecular weight is 316 g/mol. The first kappa shape index (κ1) is 15.2. The smallest absolute Gasteiger partial charge is 0.306 e. The highest BCUT2D eigenvalue weighted by molar-refractivity contribution is 7.92. The van der Waals surface area contributed by atoms with Crippen molar-refractivity contribution in [3.8, 4) is 11.5 Å². The molecule has 0 amide bonds. The summed E-state index contributed by atoms with van der Waals surface area (Å²) in [4.78, 5) is 11.2. The van der Waals surface area contributed by atoms with E-state index in [-0.39, 0.29) is 36.9 Å². The van der Waals surface area contributed by atoms with E-state index >= 15 is 0 Å². The minimum atomic E-state index is -3.72. The molecule has 1 aliphatic rings. The van der Waals surface area contributed by atoms with Crippen molar-refractivity contribution in [3.63, 3.8) is 0 Å². The molecule has 0 saturated heterocycles. The number of nitrogens with two attached hydrogens (primary N) is 1. The molecule has 1 aromatic carbocycles. The van der Waals surface area contributed by atoms with E-state index in [0.29, 0.717) is 11.5 Å². The topological polar surface area (TPSA) is 117 Å². The molecule has 0 radical (unpaired) electrons. The van der Waals surface area contributed by atoms with Crippen LogP contribution in [0.4, 0.5) is 11.4 Å². The average Bonchev–Trinajstić information content (AvgIpc) is 2.84. The Morgan fingerprint density at radius 2 is 2.05 bits per heavy atom. The van der Waals surface area contributed by atoms with E-state index in [9.17, 15) is 13.2 Å². The number of carbonyl (C=O) groups excluding carboxylic acids is 1. The third-order valence-electron chi connectivity index (χ3n) is 2.69. The van der Waals surface area contributed by atoms with Crippen molar-refractivity contribution >= 4 is 27.4 Å². The highest BCUT2D eigenvalue weighted by atomic mass is 32.2. The molecule has 0 bridgehead atoms. The van der Waals surface area contributed by atoms with Crippen LogP contribution in [-0.4, -0.2) is 33.5 Å². The molecule has 0 atom stereocenters. The van der Waals surface area contributed by atoms with E-state index in [0.717, 1.165) is 0 Å². The molecule has 3 N–H and O–H groups in total. The molecule has 8 nitrogen and oxygen atoms in total. The lowest BCUT2D eigenvalue weighted by molar-refractivity contribution is -0.142. The molecule has 1 aromatic rings. The molecular weight excluding hydrogens is 300 g/mol. The van der Waals surface area contributed by atoms with Gasteiger partial charge in [-0.15, -0.1) is 0 Å². The van der Waals surface area contributed by atoms with Crippen LogP contribution in [0.3, 0.4) is 0 Å². The SMILES string of the molecule is CCOC(=O)CCS(=O)(=O)Nc1cc2c(cc1N)OCO2. The predicted molar refractivity (Wildman–Crippen MR) is 75.6 cm³/mol. The molecule has 0 saturated carbocycles. The highest BCUT2D eigenvalue weighted by Gasteiger charge is 2.20. The van der Waals surface area contributed by atoms with Gasteiger partial charge in [-0.05, 0) is 6.92 Å². The number of benzene rings is 1. The third-order valence-corrected chi connectivity index (χ3v) is 3.96. The number of ether oxygens (including phenoxy) is 3. The molecule has 9 heteroatoms. The van der Waals surface area contributed by atoms with Gasteiger partial charge < -0.3 is 19.9 Å². The van der Waals surface area contributed by atoms with E-state index < -0.39 is 16.0 Å². The van der Waals surface area contributed by atoms with Gasteiger partial charge in [0.2, 0.25) is 16.8 Å². The van der Waals surface area contributed by atoms with Gasteiger partial charge in [0, 0.05) is 12.1 Å². The van der Waals surface area contributed by atoms with Crippen LogP contribution in [-0.2, 0) is 19.6 Å². The Kier molecular flexibility index (Phi) is 4.41. The van der Waals surface area contributed by atoms with Crippen molar-refractivity contribution in [1.82, 2.24) is 0 Å². The van der Waals surface area contributed by atoms with Crippen LogP contribution in [0.2, 0.25) is 0 Å². The molecule has 0 aromatic heterocycles. The minimum Gasteiger partial charge on any atom is -0.466 e. The molecule has 2 rings (SSSR count). The van der Waals surface area contributed by atoms with Crippen molar-refractivity contribution in [2.24, 2.45) is 0 Å². The van der Waals surface area contributed by atoms with Gasteiger partial charge in [0.1, 0.15) is 0 Å². The van der Waals surface area contributed by atoms with Gasteiger partial charge >= 0.3 is 5.97 Å². The first-order valence-electron chi connectivity index (χ1n) is 6.26. The monoisotopic (exact) mass is 316 g/mol. The minimum absolute atomic E-state index is 0.0633. The molecule has 21 heavy (non-hydrogen) atoms. The first-order chi connectivity index (χ1) is 9.91. The van der Waals surface area contributed by atoms with Gasteiger partial charge in [-0.1, -0.05) is 0 Å². The number of fused-ring (bicyclic) bond motifs is 1. The molecule has 0 unspecified atom stereocenters. The van der Waals surface area contributed by atoms with Gasteiger partial charge in [0.15, 0.2) is 11.5 Å². The number of carbonyl (C=O) groups is 1. The molecule has 116 valence electrons. The summed E-state index contributed by atoms with van der Waals surface area (Å²) in [6.07, 6.45) is -0.229. The van der Waals surface area contributed by atoms with Crippen molar-refractivity contribution in [2.75, 3.05) is 29.6 Å². The molecule has 0 aliphatic carbocycles. The van der Waals surface area contributed by atoms with Crippen LogP contribution in [0.1, 0.15) is 13.3 Å². The van der Waals surface area contributed by atoms with Crippen molar-refractivity contribution < 1.29 is 27.4 Å². The summed E-state index contributed by atoms with van der Waals surface area (Å²) >= 11 is 0. The normalized spacial score (nSPS) is 13.0. The Labute approximate surface area is 122 Å². The lowest BCUT2D eigenvalue weighted by atomic mass is 10.2. The fraction of sp³-hybridized carbons (Fsp3) is 0.417. The second-order valence-corrected chi connectivity index (χ2v) is 6.11. The summed E-state index contributed by atoms with van der Waals surface area (Å²) in [6, 6.07) is 2.92. The van der Waals surface area contributed by atoms with Crippen LogP contribution in [0, 0.1) is 0 Å².